The molecule has 3 fully saturated rings. The van der Waals surface area contributed by atoms with Gasteiger partial charge in [-0.15, -0.1) is 24.0 Å². The number of nitrogens with zero attached hydrogens (tertiary/aromatic N) is 1. The van der Waals surface area contributed by atoms with Gasteiger partial charge in [0.1, 0.15) is 0 Å². The molecule has 21 heavy (non-hydrogen) atoms. The topological polar surface area (TPSA) is 45.7 Å². The summed E-state index contributed by atoms with van der Waals surface area (Å²) in [5.41, 5.74) is 0.208. The van der Waals surface area contributed by atoms with E-state index in [4.69, 9.17) is 4.74 Å². The Bertz CT molecular complexity index is 385. The third-order valence-electron chi connectivity index (χ3n) is 5.12. The number of thioether (sulfide) groups is 1. The van der Waals surface area contributed by atoms with Gasteiger partial charge in [-0.25, -0.2) is 0 Å². The van der Waals surface area contributed by atoms with Crippen LogP contribution in [-0.2, 0) is 4.74 Å². The van der Waals surface area contributed by atoms with Gasteiger partial charge < -0.3 is 15.4 Å². The van der Waals surface area contributed by atoms with E-state index in [1.165, 1.54) is 30.8 Å². The Hall–Kier alpha value is 0.310. The second-order valence-corrected chi connectivity index (χ2v) is 7.97. The lowest BCUT2D eigenvalue weighted by atomic mass is 9.57. The molecule has 2 heterocycles. The van der Waals surface area contributed by atoms with Crippen molar-refractivity contribution >= 4 is 41.7 Å². The van der Waals surface area contributed by atoms with Gasteiger partial charge in [0.05, 0.1) is 6.10 Å². The SMILES string of the molecule is CN=C(NC1CCCSC1)NC1C2CCOC2C1(C)C.I. The maximum absolute atomic E-state index is 5.86. The van der Waals surface area contributed by atoms with E-state index in [1.807, 2.05) is 18.8 Å². The zero-order valence-electron chi connectivity index (χ0n) is 13.2. The molecule has 2 aliphatic heterocycles. The Morgan fingerprint density at radius 3 is 2.76 bits per heavy atom. The van der Waals surface area contributed by atoms with Crippen LogP contribution in [-0.4, -0.2) is 49.3 Å². The number of hydrogen-bond acceptors (Lipinski definition) is 3. The Balaban J connectivity index is 0.00000161. The van der Waals surface area contributed by atoms with Crippen molar-refractivity contribution in [3.63, 3.8) is 0 Å². The maximum atomic E-state index is 5.86. The van der Waals surface area contributed by atoms with Crippen LogP contribution in [0.4, 0.5) is 0 Å². The lowest BCUT2D eigenvalue weighted by Gasteiger charge is -2.55. The first-order valence-electron chi connectivity index (χ1n) is 7.82. The molecule has 4 nitrogen and oxygen atoms in total. The van der Waals surface area contributed by atoms with Crippen LogP contribution in [0.25, 0.3) is 0 Å². The molecule has 4 unspecified atom stereocenters. The molecule has 4 atom stereocenters. The average molecular weight is 425 g/mol. The molecule has 1 aliphatic carbocycles. The molecule has 0 aromatic carbocycles. The largest absolute Gasteiger partial charge is 0.377 e. The van der Waals surface area contributed by atoms with Crippen molar-refractivity contribution < 1.29 is 4.74 Å². The van der Waals surface area contributed by atoms with Crippen LogP contribution in [0.2, 0.25) is 0 Å². The number of ether oxygens (including phenoxy) is 1. The standard InChI is InChI=1S/C15H27N3OS.HI/c1-15(2)12(11-6-7-19-13(11)15)18-14(16-3)17-10-5-4-8-20-9-10;/h10-13H,4-9H2,1-3H3,(H2,16,17,18);1H. The quantitative estimate of drug-likeness (QED) is 0.406. The second-order valence-electron chi connectivity index (χ2n) is 6.82. The van der Waals surface area contributed by atoms with Crippen LogP contribution < -0.4 is 10.6 Å². The molecule has 3 aliphatic rings. The van der Waals surface area contributed by atoms with E-state index in [0.717, 1.165) is 12.6 Å². The molecule has 0 amide bonds. The average Bonchev–Trinajstić information content (AvgIpc) is 2.91. The van der Waals surface area contributed by atoms with Gasteiger partial charge in [0.25, 0.3) is 0 Å². The summed E-state index contributed by atoms with van der Waals surface area (Å²) in [6, 6.07) is 1.05. The van der Waals surface area contributed by atoms with Gasteiger partial charge in [-0.2, -0.15) is 11.8 Å². The first-order valence-corrected chi connectivity index (χ1v) is 8.97. The Morgan fingerprint density at radius 1 is 1.29 bits per heavy atom. The molecular formula is C15H28IN3OS. The number of fused-ring (bicyclic) bond motifs is 1. The lowest BCUT2D eigenvalue weighted by Crippen LogP contribution is -2.68. The van der Waals surface area contributed by atoms with Gasteiger partial charge in [0.15, 0.2) is 5.96 Å². The summed E-state index contributed by atoms with van der Waals surface area (Å²) in [6.45, 7) is 5.53. The highest BCUT2D eigenvalue weighted by Crippen LogP contribution is 2.52. The smallest absolute Gasteiger partial charge is 0.191 e. The van der Waals surface area contributed by atoms with Crippen molar-refractivity contribution in [3.05, 3.63) is 0 Å². The van der Waals surface area contributed by atoms with Gasteiger partial charge in [-0.1, -0.05) is 13.8 Å². The van der Waals surface area contributed by atoms with E-state index >= 15 is 0 Å². The van der Waals surface area contributed by atoms with Crippen LogP contribution in [0.1, 0.15) is 33.1 Å². The Labute approximate surface area is 149 Å². The molecular weight excluding hydrogens is 397 g/mol. The normalized spacial score (nSPS) is 38.0. The van der Waals surface area contributed by atoms with Crippen molar-refractivity contribution in [3.8, 4) is 0 Å². The third-order valence-corrected chi connectivity index (χ3v) is 6.33. The first kappa shape index (κ1) is 17.7. The van der Waals surface area contributed by atoms with E-state index in [0.29, 0.717) is 24.1 Å². The molecule has 2 N–H and O–H groups in total. The van der Waals surface area contributed by atoms with Gasteiger partial charge in [-0.3, -0.25) is 4.99 Å². The highest BCUT2D eigenvalue weighted by molar-refractivity contribution is 14.0. The van der Waals surface area contributed by atoms with E-state index in [9.17, 15) is 0 Å². The Kier molecular flexibility index (Phi) is 6.10. The minimum absolute atomic E-state index is 0. The number of rotatable bonds is 2. The molecule has 3 rings (SSSR count). The summed E-state index contributed by atoms with van der Waals surface area (Å²) < 4.78 is 5.86. The van der Waals surface area contributed by atoms with Gasteiger partial charge in [0, 0.05) is 42.8 Å². The van der Waals surface area contributed by atoms with Gasteiger partial charge in [-0.05, 0) is 25.0 Å². The fourth-order valence-electron chi connectivity index (χ4n) is 3.98. The van der Waals surface area contributed by atoms with E-state index in [-0.39, 0.29) is 29.4 Å². The van der Waals surface area contributed by atoms with E-state index < -0.39 is 0 Å². The van der Waals surface area contributed by atoms with Crippen LogP contribution >= 0.6 is 35.7 Å². The van der Waals surface area contributed by atoms with E-state index in [2.05, 4.69) is 29.5 Å². The summed E-state index contributed by atoms with van der Waals surface area (Å²) in [5.74, 6) is 4.13. The fourth-order valence-corrected chi connectivity index (χ4v) is 5.06. The summed E-state index contributed by atoms with van der Waals surface area (Å²) in [5, 5.41) is 7.26. The molecule has 0 radical (unpaired) electrons. The second kappa shape index (κ2) is 7.25. The number of halogens is 1. The summed E-state index contributed by atoms with van der Waals surface area (Å²) in [4.78, 5) is 4.43. The fraction of sp³-hybridized carbons (Fsp3) is 0.933. The molecule has 0 aromatic rings. The zero-order valence-corrected chi connectivity index (χ0v) is 16.4. The number of nitrogens with one attached hydrogen (secondary N) is 2. The van der Waals surface area contributed by atoms with Crippen LogP contribution in [0.3, 0.4) is 0 Å². The van der Waals surface area contributed by atoms with Gasteiger partial charge in [0.2, 0.25) is 0 Å². The first-order chi connectivity index (χ1) is 9.63. The van der Waals surface area contributed by atoms with Crippen molar-refractivity contribution in [2.45, 2.75) is 51.3 Å². The van der Waals surface area contributed by atoms with Crippen LogP contribution in [0.5, 0.6) is 0 Å². The molecule has 0 aromatic heterocycles. The molecule has 2 saturated heterocycles. The predicted octanol–water partition coefficient (Wildman–Crippen LogP) is 2.48. The highest BCUT2D eigenvalue weighted by Gasteiger charge is 2.59. The molecule has 122 valence electrons. The third kappa shape index (κ3) is 3.47. The van der Waals surface area contributed by atoms with Crippen molar-refractivity contribution in [1.29, 1.82) is 0 Å². The molecule has 0 bridgehead atoms. The van der Waals surface area contributed by atoms with Crippen molar-refractivity contribution in [2.24, 2.45) is 16.3 Å². The summed E-state index contributed by atoms with van der Waals surface area (Å²) in [7, 11) is 1.87. The number of aliphatic imine (C=N–C) groups is 1. The summed E-state index contributed by atoms with van der Waals surface area (Å²) in [6.07, 6.45) is 4.19. The molecule has 1 saturated carbocycles. The monoisotopic (exact) mass is 425 g/mol. The van der Waals surface area contributed by atoms with Gasteiger partial charge >= 0.3 is 0 Å². The van der Waals surface area contributed by atoms with Crippen molar-refractivity contribution in [1.82, 2.24) is 10.6 Å². The number of guanidine groups is 1. The highest BCUT2D eigenvalue weighted by atomic mass is 127. The molecule has 6 heteroatoms. The van der Waals surface area contributed by atoms with Crippen LogP contribution in [0.15, 0.2) is 4.99 Å². The summed E-state index contributed by atoms with van der Waals surface area (Å²) >= 11 is 2.04. The maximum Gasteiger partial charge on any atom is 0.191 e. The van der Waals surface area contributed by atoms with Crippen LogP contribution in [0, 0.1) is 11.3 Å². The van der Waals surface area contributed by atoms with Crippen molar-refractivity contribution in [2.75, 3.05) is 25.2 Å². The predicted molar refractivity (Wildman–Crippen MR) is 101 cm³/mol. The van der Waals surface area contributed by atoms with E-state index in [1.54, 1.807) is 0 Å². The molecule has 0 spiro atoms. The number of hydrogen-bond donors (Lipinski definition) is 2. The minimum Gasteiger partial charge on any atom is -0.377 e. The Morgan fingerprint density at radius 2 is 2.10 bits per heavy atom. The lowest BCUT2D eigenvalue weighted by molar-refractivity contribution is -0.106. The zero-order chi connectivity index (χ0) is 14.2. The minimum atomic E-state index is 0.